The van der Waals surface area contributed by atoms with Crippen LogP contribution in [0.1, 0.15) is 0 Å². The molecule has 3 aromatic heterocycles. The largest absolute Gasteiger partial charge is 0.376 e. The van der Waals surface area contributed by atoms with Gasteiger partial charge < -0.3 is 10.6 Å². The molecule has 4 N–H and O–H groups in total. The molecule has 8 nitrogen and oxygen atoms in total. The molecule has 2 aromatic carbocycles. The van der Waals surface area contributed by atoms with Crippen molar-refractivity contribution in [3.05, 3.63) is 42.7 Å². The molecule has 0 saturated carbocycles. The molecule has 0 bridgehead atoms. The van der Waals surface area contributed by atoms with Gasteiger partial charge in [-0.15, -0.1) is 0 Å². The maximum absolute atomic E-state index is 12.2. The first-order valence-corrected chi connectivity index (χ1v) is 8.77. The van der Waals surface area contributed by atoms with Gasteiger partial charge in [-0.1, -0.05) is 11.3 Å². The molecule has 0 aliphatic rings. The lowest BCUT2D eigenvalue weighted by Crippen LogP contribution is -2.21. The van der Waals surface area contributed by atoms with Crippen LogP contribution in [0.15, 0.2) is 42.7 Å². The second-order valence-corrected chi connectivity index (χ2v) is 6.84. The average molecular weight is 363 g/mol. The zero-order chi connectivity index (χ0) is 17.5. The molecule has 0 radical (unpaired) electrons. The molecule has 3 heterocycles. The van der Waals surface area contributed by atoms with Crippen LogP contribution in [0.2, 0.25) is 0 Å². The minimum absolute atomic E-state index is 0.149. The minimum atomic E-state index is -0.155. The third-order valence-electron chi connectivity index (χ3n) is 4.12. The van der Waals surface area contributed by atoms with E-state index in [1.54, 1.807) is 12.4 Å². The van der Waals surface area contributed by atoms with Crippen LogP contribution >= 0.6 is 11.3 Å². The number of carbonyl (C=O) groups is 1. The highest BCUT2D eigenvalue weighted by Gasteiger charge is 2.11. The summed E-state index contributed by atoms with van der Waals surface area (Å²) in [7, 11) is 0. The number of aromatic nitrogens is 5. The molecule has 5 aromatic rings. The number of hydrogen-bond donors (Lipinski definition) is 4. The van der Waals surface area contributed by atoms with Gasteiger partial charge >= 0.3 is 0 Å². The molecular formula is C17H13N7OS. The van der Waals surface area contributed by atoms with Crippen molar-refractivity contribution in [1.29, 1.82) is 0 Å². The number of benzene rings is 2. The molecule has 26 heavy (non-hydrogen) atoms. The summed E-state index contributed by atoms with van der Waals surface area (Å²) in [6.45, 7) is 0.149. The van der Waals surface area contributed by atoms with Crippen molar-refractivity contribution >= 4 is 60.1 Å². The highest BCUT2D eigenvalue weighted by Crippen LogP contribution is 2.31. The van der Waals surface area contributed by atoms with Crippen LogP contribution in [0.5, 0.6) is 0 Å². The lowest BCUT2D eigenvalue weighted by Gasteiger charge is -2.06. The number of fused-ring (bicyclic) bond motifs is 4. The second kappa shape index (κ2) is 5.81. The summed E-state index contributed by atoms with van der Waals surface area (Å²) in [5, 5.41) is 22.4. The molecule has 128 valence electrons. The van der Waals surface area contributed by atoms with Crippen LogP contribution in [-0.2, 0) is 4.79 Å². The van der Waals surface area contributed by atoms with Gasteiger partial charge in [-0.25, -0.2) is 4.98 Å². The van der Waals surface area contributed by atoms with Crippen molar-refractivity contribution in [2.24, 2.45) is 0 Å². The lowest BCUT2D eigenvalue weighted by molar-refractivity contribution is -0.114. The fourth-order valence-corrected chi connectivity index (χ4v) is 3.84. The van der Waals surface area contributed by atoms with Crippen LogP contribution in [0, 0.1) is 0 Å². The van der Waals surface area contributed by atoms with Gasteiger partial charge in [0.2, 0.25) is 5.91 Å². The predicted octanol–water partition coefficient (Wildman–Crippen LogP) is 3.10. The summed E-state index contributed by atoms with van der Waals surface area (Å²) < 4.78 is 1.00. The van der Waals surface area contributed by atoms with Crippen LogP contribution in [0.3, 0.4) is 0 Å². The Kier molecular flexibility index (Phi) is 3.32. The Morgan fingerprint density at radius 1 is 1.08 bits per heavy atom. The monoisotopic (exact) mass is 363 g/mol. The fourth-order valence-electron chi connectivity index (χ4n) is 2.85. The molecule has 0 spiro atoms. The Bertz CT molecular complexity index is 1250. The Labute approximate surface area is 150 Å². The third-order valence-corrected chi connectivity index (χ3v) is 5.14. The molecule has 0 aliphatic carbocycles. The lowest BCUT2D eigenvalue weighted by atomic mass is 10.2. The summed E-state index contributed by atoms with van der Waals surface area (Å²) >= 11 is 1.44. The van der Waals surface area contributed by atoms with Crippen molar-refractivity contribution in [1.82, 2.24) is 25.4 Å². The molecular weight excluding hydrogens is 350 g/mol. The van der Waals surface area contributed by atoms with Crippen molar-refractivity contribution in [3.8, 4) is 0 Å². The van der Waals surface area contributed by atoms with E-state index in [1.165, 1.54) is 11.3 Å². The molecule has 0 saturated heterocycles. The topological polar surface area (TPSA) is 111 Å². The number of aromatic amines is 2. The maximum atomic E-state index is 12.2. The summed E-state index contributed by atoms with van der Waals surface area (Å²) in [4.78, 5) is 16.7. The first-order valence-electron chi connectivity index (χ1n) is 7.96. The quantitative estimate of drug-likeness (QED) is 0.392. The van der Waals surface area contributed by atoms with E-state index in [4.69, 9.17) is 0 Å². The number of H-pyrrole nitrogens is 2. The van der Waals surface area contributed by atoms with Crippen LogP contribution in [0.4, 0.5) is 10.8 Å². The smallest absolute Gasteiger partial charge is 0.245 e. The summed E-state index contributed by atoms with van der Waals surface area (Å²) in [5.41, 5.74) is 3.57. The van der Waals surface area contributed by atoms with E-state index in [0.29, 0.717) is 5.13 Å². The molecule has 0 aliphatic heterocycles. The normalized spacial score (nSPS) is 11.4. The van der Waals surface area contributed by atoms with Crippen molar-refractivity contribution in [2.45, 2.75) is 0 Å². The Morgan fingerprint density at radius 3 is 2.92 bits per heavy atom. The molecule has 0 unspecified atom stereocenters. The standard InChI is InChI=1S/C17H13N7OS/c25-15(8-18-10-2-1-9-6-19-24-14(9)5-10)22-17-21-13-4-3-12-11(7-20-23-12)16(13)26-17/h1-7,18H,8H2,(H,19,24)(H,20,23)(H,21,22,25). The molecule has 9 heteroatoms. The predicted molar refractivity (Wildman–Crippen MR) is 102 cm³/mol. The number of nitrogens with zero attached hydrogens (tertiary/aromatic N) is 3. The Hall–Kier alpha value is -3.46. The van der Waals surface area contributed by atoms with Gasteiger partial charge in [0.15, 0.2) is 5.13 Å². The van der Waals surface area contributed by atoms with E-state index in [2.05, 4.69) is 36.0 Å². The first kappa shape index (κ1) is 14.8. The summed E-state index contributed by atoms with van der Waals surface area (Å²) in [6.07, 6.45) is 3.53. The highest BCUT2D eigenvalue weighted by atomic mass is 32.1. The van der Waals surface area contributed by atoms with E-state index < -0.39 is 0 Å². The zero-order valence-corrected chi connectivity index (χ0v) is 14.2. The van der Waals surface area contributed by atoms with Gasteiger partial charge in [0.05, 0.1) is 40.2 Å². The summed E-state index contributed by atoms with van der Waals surface area (Å²) in [6, 6.07) is 9.63. The van der Waals surface area contributed by atoms with Crippen molar-refractivity contribution in [2.75, 3.05) is 17.2 Å². The number of hydrogen-bond acceptors (Lipinski definition) is 6. The molecule has 0 atom stereocenters. The minimum Gasteiger partial charge on any atom is -0.376 e. The number of thiazole rings is 1. The molecule has 1 amide bonds. The SMILES string of the molecule is O=C(CNc1ccc2cn[nH]c2c1)Nc1nc2ccc3[nH]ncc3c2s1. The highest BCUT2D eigenvalue weighted by molar-refractivity contribution is 7.23. The fraction of sp³-hybridized carbons (Fsp3) is 0.0588. The van der Waals surface area contributed by atoms with Crippen molar-refractivity contribution < 1.29 is 4.79 Å². The molecule has 5 rings (SSSR count). The number of nitrogens with one attached hydrogen (secondary N) is 4. The Morgan fingerprint density at radius 2 is 1.96 bits per heavy atom. The van der Waals surface area contributed by atoms with E-state index in [0.717, 1.165) is 37.7 Å². The van der Waals surface area contributed by atoms with Gasteiger partial charge in [0, 0.05) is 16.5 Å². The van der Waals surface area contributed by atoms with E-state index in [9.17, 15) is 4.79 Å². The van der Waals surface area contributed by atoms with Gasteiger partial charge in [0.1, 0.15) is 0 Å². The van der Waals surface area contributed by atoms with Crippen LogP contribution < -0.4 is 10.6 Å². The van der Waals surface area contributed by atoms with E-state index in [-0.39, 0.29) is 12.5 Å². The van der Waals surface area contributed by atoms with Crippen molar-refractivity contribution in [3.63, 3.8) is 0 Å². The number of anilines is 2. The van der Waals surface area contributed by atoms with Gasteiger partial charge in [0.25, 0.3) is 0 Å². The second-order valence-electron chi connectivity index (χ2n) is 5.84. The summed E-state index contributed by atoms with van der Waals surface area (Å²) in [5.74, 6) is -0.155. The van der Waals surface area contributed by atoms with Gasteiger partial charge in [-0.05, 0) is 30.3 Å². The average Bonchev–Trinajstić information content (AvgIpc) is 3.36. The van der Waals surface area contributed by atoms with Crippen LogP contribution in [0.25, 0.3) is 32.0 Å². The number of amides is 1. The van der Waals surface area contributed by atoms with Gasteiger partial charge in [-0.2, -0.15) is 10.2 Å². The number of rotatable bonds is 4. The van der Waals surface area contributed by atoms with Crippen LogP contribution in [-0.4, -0.2) is 37.8 Å². The maximum Gasteiger partial charge on any atom is 0.245 e. The molecule has 0 fully saturated rings. The number of carbonyl (C=O) groups excluding carboxylic acids is 1. The third kappa shape index (κ3) is 2.54. The van der Waals surface area contributed by atoms with E-state index in [1.807, 2.05) is 30.3 Å². The van der Waals surface area contributed by atoms with Gasteiger partial charge in [-0.3, -0.25) is 15.0 Å². The van der Waals surface area contributed by atoms with E-state index >= 15 is 0 Å². The Balaban J connectivity index is 1.31. The first-order chi connectivity index (χ1) is 12.8. The zero-order valence-electron chi connectivity index (χ0n) is 13.4.